The number of benzene rings is 2. The van der Waals surface area contributed by atoms with Gasteiger partial charge in [0.1, 0.15) is 29.8 Å². The molecule has 0 aliphatic heterocycles. The molecule has 1 atom stereocenters. The van der Waals surface area contributed by atoms with E-state index in [-0.39, 0.29) is 11.1 Å². The average molecular weight is 459 g/mol. The fourth-order valence-electron chi connectivity index (χ4n) is 3.37. The molecule has 2 heterocycles. The minimum Gasteiger partial charge on any atom is -0.378 e. The number of aromatic nitrogens is 4. The molecule has 4 aromatic rings. The summed E-state index contributed by atoms with van der Waals surface area (Å²) in [6.07, 6.45) is 4.85. The zero-order valence-corrected chi connectivity index (χ0v) is 18.0. The second-order valence-corrected chi connectivity index (χ2v) is 7.35. The van der Waals surface area contributed by atoms with Gasteiger partial charge in [0.15, 0.2) is 0 Å². The molecule has 170 valence electrons. The average Bonchev–Trinajstić information content (AvgIpc) is 3.22. The molecule has 0 unspecified atom stereocenters. The second-order valence-electron chi connectivity index (χ2n) is 7.35. The number of amides is 1. The van der Waals surface area contributed by atoms with Gasteiger partial charge in [-0.3, -0.25) is 4.79 Å². The van der Waals surface area contributed by atoms with Crippen molar-refractivity contribution >= 4 is 11.6 Å². The van der Waals surface area contributed by atoms with Crippen molar-refractivity contribution in [1.29, 1.82) is 5.26 Å². The minimum absolute atomic E-state index is 0.110. The Bertz CT molecular complexity index is 1370. The highest BCUT2D eigenvalue weighted by Gasteiger charge is 2.19. The van der Waals surface area contributed by atoms with Crippen LogP contribution in [0.15, 0.2) is 67.3 Å². The minimum atomic E-state index is -1.27. The lowest BCUT2D eigenvalue weighted by atomic mass is 10.1. The lowest BCUT2D eigenvalue weighted by Crippen LogP contribution is -2.28. The van der Waals surface area contributed by atoms with Crippen molar-refractivity contribution in [2.75, 3.05) is 5.32 Å². The molecule has 0 saturated heterocycles. The molecule has 0 aliphatic carbocycles. The molecular formula is C24H19F2N7O. The normalized spacial score (nSPS) is 11.5. The smallest absolute Gasteiger partial charge is 0.252 e. The van der Waals surface area contributed by atoms with Crippen molar-refractivity contribution < 1.29 is 13.6 Å². The lowest BCUT2D eigenvalue weighted by molar-refractivity contribution is 0.0944. The van der Waals surface area contributed by atoms with E-state index >= 15 is 0 Å². The summed E-state index contributed by atoms with van der Waals surface area (Å²) < 4.78 is 29.1. The first-order chi connectivity index (χ1) is 16.5. The number of hydrogen-bond acceptors (Lipinski definition) is 6. The summed E-state index contributed by atoms with van der Waals surface area (Å²) in [5, 5.41) is 15.1. The maximum atomic E-state index is 14.0. The van der Waals surface area contributed by atoms with E-state index in [0.29, 0.717) is 18.3 Å². The molecule has 0 aliphatic rings. The van der Waals surface area contributed by atoms with Crippen LogP contribution in [0.25, 0.3) is 11.4 Å². The molecule has 0 fully saturated rings. The van der Waals surface area contributed by atoms with Crippen molar-refractivity contribution in [1.82, 2.24) is 24.8 Å². The van der Waals surface area contributed by atoms with Gasteiger partial charge in [-0.25, -0.2) is 23.7 Å². The standard InChI is InChI=1S/C24H19F2N7O/c1-33-22(20-7-8-28-14-31-20)12-30-23(33)13-29-17-4-2-3-15(9-17)24(34)32-21(11-27)18-6-5-16(25)10-19(18)26/h2-10,12,14,21,29H,13H2,1H3,(H,32,34)/t21-/m0/s1. The Labute approximate surface area is 193 Å². The molecular weight excluding hydrogens is 440 g/mol. The van der Waals surface area contributed by atoms with Crippen LogP contribution in [0.1, 0.15) is 27.8 Å². The number of nitriles is 1. The van der Waals surface area contributed by atoms with Crippen LogP contribution in [0, 0.1) is 23.0 Å². The third-order valence-electron chi connectivity index (χ3n) is 5.18. The van der Waals surface area contributed by atoms with Gasteiger partial charge in [-0.15, -0.1) is 0 Å². The Hall–Kier alpha value is -4.65. The van der Waals surface area contributed by atoms with Crippen LogP contribution in [-0.4, -0.2) is 25.4 Å². The van der Waals surface area contributed by atoms with Crippen LogP contribution in [0.5, 0.6) is 0 Å². The number of imidazole rings is 1. The summed E-state index contributed by atoms with van der Waals surface area (Å²) in [4.78, 5) is 25.3. The monoisotopic (exact) mass is 459 g/mol. The molecule has 8 nitrogen and oxygen atoms in total. The van der Waals surface area contributed by atoms with Gasteiger partial charge in [0.05, 0.1) is 30.2 Å². The van der Waals surface area contributed by atoms with Gasteiger partial charge < -0.3 is 15.2 Å². The molecule has 4 rings (SSSR count). The molecule has 0 radical (unpaired) electrons. The second kappa shape index (κ2) is 9.87. The lowest BCUT2D eigenvalue weighted by Gasteiger charge is -2.14. The molecule has 10 heteroatoms. The molecule has 0 saturated carbocycles. The number of nitrogens with zero attached hydrogens (tertiary/aromatic N) is 5. The molecule has 0 spiro atoms. The van der Waals surface area contributed by atoms with E-state index in [1.165, 1.54) is 6.33 Å². The van der Waals surface area contributed by atoms with E-state index in [9.17, 15) is 18.8 Å². The maximum Gasteiger partial charge on any atom is 0.252 e. The number of hydrogen-bond donors (Lipinski definition) is 2. The number of rotatable bonds is 7. The van der Waals surface area contributed by atoms with Crippen molar-refractivity contribution in [3.8, 4) is 17.5 Å². The fraction of sp³-hybridized carbons (Fsp3) is 0.125. The zero-order chi connectivity index (χ0) is 24.1. The highest BCUT2D eigenvalue weighted by Crippen LogP contribution is 2.20. The van der Waals surface area contributed by atoms with Crippen LogP contribution in [-0.2, 0) is 13.6 Å². The first-order valence-electron chi connectivity index (χ1n) is 10.2. The van der Waals surface area contributed by atoms with E-state index in [4.69, 9.17) is 0 Å². The van der Waals surface area contributed by atoms with Crippen molar-refractivity contribution in [3.63, 3.8) is 0 Å². The Kier molecular flexibility index (Phi) is 6.54. The summed E-state index contributed by atoms with van der Waals surface area (Å²) in [6.45, 7) is 0.383. The van der Waals surface area contributed by atoms with Gasteiger partial charge in [-0.05, 0) is 30.3 Å². The van der Waals surface area contributed by atoms with E-state index in [2.05, 4.69) is 25.6 Å². The first-order valence-corrected chi connectivity index (χ1v) is 10.2. The highest BCUT2D eigenvalue weighted by atomic mass is 19.1. The van der Waals surface area contributed by atoms with Gasteiger partial charge in [0, 0.05) is 36.1 Å². The van der Waals surface area contributed by atoms with Crippen molar-refractivity contribution in [2.24, 2.45) is 7.05 Å². The van der Waals surface area contributed by atoms with Crippen molar-refractivity contribution in [3.05, 3.63) is 95.8 Å². The van der Waals surface area contributed by atoms with E-state index in [0.717, 1.165) is 29.3 Å². The summed E-state index contributed by atoms with van der Waals surface area (Å²) in [5.41, 5.74) is 2.40. The quantitative estimate of drug-likeness (QED) is 0.436. The van der Waals surface area contributed by atoms with Gasteiger partial charge >= 0.3 is 0 Å². The fourth-order valence-corrected chi connectivity index (χ4v) is 3.37. The third kappa shape index (κ3) is 4.88. The number of carbonyl (C=O) groups excluding carboxylic acids is 1. The molecule has 2 aromatic heterocycles. The van der Waals surface area contributed by atoms with Crippen molar-refractivity contribution in [2.45, 2.75) is 12.6 Å². The van der Waals surface area contributed by atoms with Crippen LogP contribution >= 0.6 is 0 Å². The number of nitrogens with one attached hydrogen (secondary N) is 2. The Morgan fingerprint density at radius 1 is 1.18 bits per heavy atom. The molecule has 2 N–H and O–H groups in total. The van der Waals surface area contributed by atoms with Gasteiger partial charge in [-0.2, -0.15) is 5.26 Å². The largest absolute Gasteiger partial charge is 0.378 e. The molecule has 34 heavy (non-hydrogen) atoms. The summed E-state index contributed by atoms with van der Waals surface area (Å²) in [5.74, 6) is -1.49. The Balaban J connectivity index is 1.44. The summed E-state index contributed by atoms with van der Waals surface area (Å²) in [6, 6.07) is 11.9. The van der Waals surface area contributed by atoms with E-state index in [1.807, 2.05) is 17.7 Å². The summed E-state index contributed by atoms with van der Waals surface area (Å²) >= 11 is 0. The SMILES string of the molecule is Cn1c(-c2ccncn2)cnc1CNc1cccc(C(=O)N[C@@H](C#N)c2ccc(F)cc2F)c1. The molecule has 0 bridgehead atoms. The zero-order valence-electron chi connectivity index (χ0n) is 18.0. The number of carbonyl (C=O) groups is 1. The topological polar surface area (TPSA) is 109 Å². The predicted octanol–water partition coefficient (Wildman–Crippen LogP) is 3.76. The third-order valence-corrected chi connectivity index (χ3v) is 5.18. The molecule has 2 aromatic carbocycles. The van der Waals surface area contributed by atoms with Crippen LogP contribution in [0.4, 0.5) is 14.5 Å². The Morgan fingerprint density at radius 2 is 2.03 bits per heavy atom. The maximum absolute atomic E-state index is 14.0. The highest BCUT2D eigenvalue weighted by molar-refractivity contribution is 5.95. The summed E-state index contributed by atoms with van der Waals surface area (Å²) in [7, 11) is 1.88. The Morgan fingerprint density at radius 3 is 2.76 bits per heavy atom. The van der Waals surface area contributed by atoms with Crippen LogP contribution in [0.3, 0.4) is 0 Å². The van der Waals surface area contributed by atoms with Gasteiger partial charge in [-0.1, -0.05) is 12.1 Å². The van der Waals surface area contributed by atoms with Gasteiger partial charge in [0.2, 0.25) is 0 Å². The number of anilines is 1. The predicted molar refractivity (Wildman–Crippen MR) is 120 cm³/mol. The first kappa shape index (κ1) is 22.5. The van der Waals surface area contributed by atoms with Gasteiger partial charge in [0.25, 0.3) is 5.91 Å². The van der Waals surface area contributed by atoms with E-state index in [1.54, 1.807) is 42.7 Å². The van der Waals surface area contributed by atoms with Crippen LogP contribution < -0.4 is 10.6 Å². The van der Waals surface area contributed by atoms with Crippen LogP contribution in [0.2, 0.25) is 0 Å². The van der Waals surface area contributed by atoms with E-state index < -0.39 is 23.6 Å². The molecule has 1 amide bonds. The number of halogens is 2.